The summed E-state index contributed by atoms with van der Waals surface area (Å²) in [5.74, 6) is 1.68. The van der Waals surface area contributed by atoms with E-state index in [1.165, 1.54) is 6.42 Å². The van der Waals surface area contributed by atoms with Crippen molar-refractivity contribution in [2.24, 2.45) is 11.7 Å². The Labute approximate surface area is 56.1 Å². The molecule has 1 saturated carbocycles. The lowest BCUT2D eigenvalue weighted by atomic mass is 10.2. The van der Waals surface area contributed by atoms with Gasteiger partial charge >= 0.3 is 0 Å². The molecule has 0 amide bonds. The van der Waals surface area contributed by atoms with Gasteiger partial charge in [0.1, 0.15) is 0 Å². The Morgan fingerprint density at radius 2 is 2.38 bits per heavy atom. The molecule has 2 heteroatoms. The Morgan fingerprint density at radius 1 is 1.88 bits per heavy atom. The lowest BCUT2D eigenvalue weighted by Gasteiger charge is -2.04. The fraction of sp³-hybridized carbons (Fsp3) is 1.00. The Kier molecular flexibility index (Phi) is 1.54. The molecule has 0 radical (unpaired) electrons. The van der Waals surface area contributed by atoms with E-state index in [1.54, 1.807) is 0 Å². The van der Waals surface area contributed by atoms with Crippen molar-refractivity contribution in [1.29, 1.82) is 0 Å². The molecule has 0 spiro atoms. The average molecular weight is 131 g/mol. The zero-order valence-corrected chi connectivity index (χ0v) is 6.12. The van der Waals surface area contributed by atoms with Crippen LogP contribution in [0.25, 0.3) is 0 Å². The van der Waals surface area contributed by atoms with Gasteiger partial charge in [-0.05, 0) is 24.5 Å². The molecule has 0 aliphatic heterocycles. The largest absolute Gasteiger partial charge is 0.325 e. The van der Waals surface area contributed by atoms with Gasteiger partial charge in [-0.1, -0.05) is 6.92 Å². The molecular weight excluding hydrogens is 118 g/mol. The predicted molar refractivity (Wildman–Crippen MR) is 39.2 cm³/mol. The first-order valence-electron chi connectivity index (χ1n) is 3.09. The molecule has 48 valence electrons. The van der Waals surface area contributed by atoms with Gasteiger partial charge in [0.05, 0.1) is 0 Å². The third kappa shape index (κ3) is 1.00. The Morgan fingerprint density at radius 3 is 2.50 bits per heavy atom. The van der Waals surface area contributed by atoms with Crippen molar-refractivity contribution in [2.75, 3.05) is 5.75 Å². The van der Waals surface area contributed by atoms with Crippen LogP contribution in [-0.2, 0) is 0 Å². The summed E-state index contributed by atoms with van der Waals surface area (Å²) in [4.78, 5) is 0. The molecule has 2 N–H and O–H groups in total. The van der Waals surface area contributed by atoms with E-state index < -0.39 is 0 Å². The summed E-state index contributed by atoms with van der Waals surface area (Å²) >= 11 is 4.11. The molecule has 1 nitrogen and oxygen atoms in total. The summed E-state index contributed by atoms with van der Waals surface area (Å²) in [6, 6.07) is 0. The molecule has 1 fully saturated rings. The number of thiol groups is 1. The first-order chi connectivity index (χ1) is 3.69. The second-order valence-electron chi connectivity index (χ2n) is 2.81. The SMILES string of the molecule is CC1CC1(N)CCS. The highest BCUT2D eigenvalue weighted by molar-refractivity contribution is 7.80. The van der Waals surface area contributed by atoms with Crippen molar-refractivity contribution in [1.82, 2.24) is 0 Å². The molecule has 0 heterocycles. The molecule has 1 aliphatic carbocycles. The van der Waals surface area contributed by atoms with Gasteiger partial charge in [0.15, 0.2) is 0 Å². The van der Waals surface area contributed by atoms with Crippen molar-refractivity contribution in [3.8, 4) is 0 Å². The van der Waals surface area contributed by atoms with E-state index in [9.17, 15) is 0 Å². The fourth-order valence-corrected chi connectivity index (χ4v) is 1.48. The second kappa shape index (κ2) is 1.92. The predicted octanol–water partition coefficient (Wildman–Crippen LogP) is 1.04. The van der Waals surface area contributed by atoms with Crippen LogP contribution in [0, 0.1) is 5.92 Å². The van der Waals surface area contributed by atoms with Gasteiger partial charge in [0.25, 0.3) is 0 Å². The van der Waals surface area contributed by atoms with E-state index >= 15 is 0 Å². The summed E-state index contributed by atoms with van der Waals surface area (Å²) in [5.41, 5.74) is 6.03. The zero-order valence-electron chi connectivity index (χ0n) is 5.22. The van der Waals surface area contributed by atoms with Gasteiger partial charge in [-0.25, -0.2) is 0 Å². The molecule has 2 atom stereocenters. The fourth-order valence-electron chi connectivity index (χ4n) is 1.07. The summed E-state index contributed by atoms with van der Waals surface area (Å²) < 4.78 is 0. The topological polar surface area (TPSA) is 26.0 Å². The number of nitrogens with two attached hydrogens (primary N) is 1. The Balaban J connectivity index is 2.25. The Bertz CT molecular complexity index is 94.5. The summed E-state index contributed by atoms with van der Waals surface area (Å²) in [5, 5.41) is 0. The molecule has 0 saturated heterocycles. The monoisotopic (exact) mass is 131 g/mol. The minimum absolute atomic E-state index is 0.182. The quantitative estimate of drug-likeness (QED) is 0.538. The summed E-state index contributed by atoms with van der Waals surface area (Å²) in [7, 11) is 0. The molecule has 2 unspecified atom stereocenters. The maximum atomic E-state index is 5.85. The van der Waals surface area contributed by atoms with E-state index in [-0.39, 0.29) is 5.54 Å². The van der Waals surface area contributed by atoms with Gasteiger partial charge in [-0.2, -0.15) is 12.6 Å². The van der Waals surface area contributed by atoms with Gasteiger partial charge in [0, 0.05) is 5.54 Å². The molecule has 1 rings (SSSR count). The van der Waals surface area contributed by atoms with Crippen LogP contribution in [0.3, 0.4) is 0 Å². The highest BCUT2D eigenvalue weighted by Crippen LogP contribution is 2.43. The van der Waals surface area contributed by atoms with Crippen LogP contribution >= 0.6 is 12.6 Å². The smallest absolute Gasteiger partial charge is 0.0191 e. The number of hydrogen-bond donors (Lipinski definition) is 2. The average Bonchev–Trinajstić information content (AvgIpc) is 2.16. The van der Waals surface area contributed by atoms with Crippen LogP contribution in [0.4, 0.5) is 0 Å². The maximum Gasteiger partial charge on any atom is 0.0191 e. The third-order valence-corrected chi connectivity index (χ3v) is 2.31. The minimum Gasteiger partial charge on any atom is -0.325 e. The van der Waals surface area contributed by atoms with Gasteiger partial charge in [-0.15, -0.1) is 0 Å². The van der Waals surface area contributed by atoms with Crippen molar-refractivity contribution in [3.05, 3.63) is 0 Å². The first-order valence-corrected chi connectivity index (χ1v) is 3.72. The van der Waals surface area contributed by atoms with E-state index in [1.807, 2.05) is 0 Å². The minimum atomic E-state index is 0.182. The van der Waals surface area contributed by atoms with Crippen molar-refractivity contribution >= 4 is 12.6 Å². The lowest BCUT2D eigenvalue weighted by molar-refractivity contribution is 0.603. The van der Waals surface area contributed by atoms with Crippen molar-refractivity contribution in [3.63, 3.8) is 0 Å². The molecule has 0 bridgehead atoms. The standard InChI is InChI=1S/C6H13NS/c1-5-4-6(5,7)2-3-8/h5,8H,2-4,7H2,1H3. The second-order valence-corrected chi connectivity index (χ2v) is 3.26. The molecule has 1 aliphatic rings. The summed E-state index contributed by atoms with van der Waals surface area (Å²) in [6.07, 6.45) is 2.28. The normalized spacial score (nSPS) is 44.6. The van der Waals surface area contributed by atoms with E-state index in [2.05, 4.69) is 19.6 Å². The van der Waals surface area contributed by atoms with Crippen LogP contribution < -0.4 is 5.73 Å². The maximum absolute atomic E-state index is 5.85. The van der Waals surface area contributed by atoms with Crippen LogP contribution in [0.1, 0.15) is 19.8 Å². The molecule has 0 aromatic carbocycles. The molecule has 0 aromatic heterocycles. The van der Waals surface area contributed by atoms with E-state index in [0.29, 0.717) is 0 Å². The molecular formula is C6H13NS. The van der Waals surface area contributed by atoms with Gasteiger partial charge < -0.3 is 5.73 Å². The van der Waals surface area contributed by atoms with Gasteiger partial charge in [0.2, 0.25) is 0 Å². The van der Waals surface area contributed by atoms with Crippen LogP contribution in [0.2, 0.25) is 0 Å². The van der Waals surface area contributed by atoms with Crippen molar-refractivity contribution < 1.29 is 0 Å². The molecule has 8 heavy (non-hydrogen) atoms. The van der Waals surface area contributed by atoms with Crippen LogP contribution in [0.15, 0.2) is 0 Å². The third-order valence-electron chi connectivity index (χ3n) is 2.08. The highest BCUT2D eigenvalue weighted by atomic mass is 32.1. The van der Waals surface area contributed by atoms with Crippen molar-refractivity contribution in [2.45, 2.75) is 25.3 Å². The van der Waals surface area contributed by atoms with Gasteiger partial charge in [-0.3, -0.25) is 0 Å². The first kappa shape index (κ1) is 6.43. The number of rotatable bonds is 2. The Hall–Kier alpha value is 0.310. The number of hydrogen-bond acceptors (Lipinski definition) is 2. The van der Waals surface area contributed by atoms with Crippen LogP contribution in [-0.4, -0.2) is 11.3 Å². The zero-order chi connectivity index (χ0) is 6.20. The summed E-state index contributed by atoms with van der Waals surface area (Å²) in [6.45, 7) is 2.20. The molecule has 0 aromatic rings. The highest BCUT2D eigenvalue weighted by Gasteiger charge is 2.46. The van der Waals surface area contributed by atoms with E-state index in [0.717, 1.165) is 18.1 Å². The lowest BCUT2D eigenvalue weighted by Crippen LogP contribution is -2.24. The van der Waals surface area contributed by atoms with Crippen LogP contribution in [0.5, 0.6) is 0 Å². The van der Waals surface area contributed by atoms with E-state index in [4.69, 9.17) is 5.73 Å².